The summed E-state index contributed by atoms with van der Waals surface area (Å²) in [5.41, 5.74) is 6.28. The predicted molar refractivity (Wildman–Crippen MR) is 121 cm³/mol. The molecule has 1 aromatic rings. The van der Waals surface area contributed by atoms with Crippen LogP contribution in [0.3, 0.4) is 0 Å². The molecule has 0 N–H and O–H groups in total. The summed E-state index contributed by atoms with van der Waals surface area (Å²) in [4.78, 5) is 0. The van der Waals surface area contributed by atoms with Crippen molar-refractivity contribution in [3.8, 4) is 5.75 Å². The van der Waals surface area contributed by atoms with E-state index < -0.39 is 0 Å². The molecular formula is C26H40O3. The second kappa shape index (κ2) is 11.6. The summed E-state index contributed by atoms with van der Waals surface area (Å²) in [7, 11) is 3.33. The molecule has 0 unspecified atom stereocenters. The average molecular weight is 401 g/mol. The van der Waals surface area contributed by atoms with E-state index in [2.05, 4.69) is 45.9 Å². The molecule has 0 saturated carbocycles. The maximum atomic E-state index is 5.91. The molecule has 1 aliphatic carbocycles. The van der Waals surface area contributed by atoms with E-state index in [9.17, 15) is 0 Å². The van der Waals surface area contributed by atoms with Crippen molar-refractivity contribution in [1.29, 1.82) is 0 Å². The molecule has 3 nitrogen and oxygen atoms in total. The number of methoxy groups -OCH3 is 2. The van der Waals surface area contributed by atoms with Gasteiger partial charge in [0.1, 0.15) is 5.75 Å². The standard InChI is InChI=1S/C26H40O3/c1-20(11-16-24-21(2)10-7-17-26(24,3)4)9-8-18-29-23-14-12-22(13-15-23)19-25(27-5)28-6/h11-15,25H,7-10,16-19H2,1-6H3/b20-11+. The van der Waals surface area contributed by atoms with Gasteiger partial charge in [0, 0.05) is 20.6 Å². The molecule has 0 spiro atoms. The molecule has 1 aromatic carbocycles. The highest BCUT2D eigenvalue weighted by Crippen LogP contribution is 2.42. The summed E-state index contributed by atoms with van der Waals surface area (Å²) in [5.74, 6) is 0.923. The van der Waals surface area contributed by atoms with Gasteiger partial charge >= 0.3 is 0 Å². The molecule has 0 amide bonds. The van der Waals surface area contributed by atoms with E-state index in [1.54, 1.807) is 25.4 Å². The number of rotatable bonds is 11. The van der Waals surface area contributed by atoms with Gasteiger partial charge in [-0.15, -0.1) is 0 Å². The van der Waals surface area contributed by atoms with E-state index in [-0.39, 0.29) is 6.29 Å². The Kier molecular flexibility index (Phi) is 9.45. The number of hydrogen-bond acceptors (Lipinski definition) is 3. The highest BCUT2D eigenvalue weighted by Gasteiger charge is 2.27. The molecule has 0 fully saturated rings. The maximum Gasteiger partial charge on any atom is 0.160 e. The summed E-state index contributed by atoms with van der Waals surface area (Å²) < 4.78 is 16.4. The quantitative estimate of drug-likeness (QED) is 0.230. The number of allylic oxidation sites excluding steroid dienone is 4. The van der Waals surface area contributed by atoms with Crippen molar-refractivity contribution in [2.24, 2.45) is 5.41 Å². The summed E-state index contributed by atoms with van der Waals surface area (Å²) >= 11 is 0. The van der Waals surface area contributed by atoms with E-state index in [0.717, 1.165) is 38.0 Å². The number of ether oxygens (including phenoxy) is 3. The molecular weight excluding hydrogens is 360 g/mol. The minimum Gasteiger partial charge on any atom is -0.494 e. The monoisotopic (exact) mass is 400 g/mol. The van der Waals surface area contributed by atoms with Gasteiger partial charge in [-0.1, -0.05) is 48.8 Å². The topological polar surface area (TPSA) is 27.7 Å². The van der Waals surface area contributed by atoms with Crippen molar-refractivity contribution in [2.45, 2.75) is 78.9 Å². The minimum absolute atomic E-state index is 0.199. The van der Waals surface area contributed by atoms with Crippen LogP contribution in [0.1, 0.15) is 71.8 Å². The zero-order chi connectivity index (χ0) is 21.3. The lowest BCUT2D eigenvalue weighted by molar-refractivity contribution is -0.100. The summed E-state index contributed by atoms with van der Waals surface area (Å²) in [6.07, 6.45) is 10.1. The van der Waals surface area contributed by atoms with E-state index in [1.165, 1.54) is 30.4 Å². The van der Waals surface area contributed by atoms with Gasteiger partial charge in [-0.25, -0.2) is 0 Å². The Labute approximate surface area is 178 Å². The van der Waals surface area contributed by atoms with Gasteiger partial charge < -0.3 is 14.2 Å². The third kappa shape index (κ3) is 7.64. The summed E-state index contributed by atoms with van der Waals surface area (Å²) in [6.45, 7) is 10.1. The van der Waals surface area contributed by atoms with Crippen LogP contribution < -0.4 is 4.74 Å². The first-order valence-electron chi connectivity index (χ1n) is 11.0. The summed E-state index contributed by atoms with van der Waals surface area (Å²) in [6, 6.07) is 8.21. The summed E-state index contributed by atoms with van der Waals surface area (Å²) in [5, 5.41) is 0. The van der Waals surface area contributed by atoms with Gasteiger partial charge in [-0.05, 0) is 75.5 Å². The molecule has 0 aromatic heterocycles. The second-order valence-corrected chi connectivity index (χ2v) is 8.95. The van der Waals surface area contributed by atoms with Gasteiger partial charge in [0.05, 0.1) is 6.61 Å². The van der Waals surface area contributed by atoms with Crippen LogP contribution in [0.5, 0.6) is 5.75 Å². The molecule has 3 heteroatoms. The van der Waals surface area contributed by atoms with E-state index >= 15 is 0 Å². The van der Waals surface area contributed by atoms with Crippen molar-refractivity contribution in [1.82, 2.24) is 0 Å². The Balaban J connectivity index is 1.73. The zero-order valence-corrected chi connectivity index (χ0v) is 19.3. The van der Waals surface area contributed by atoms with Crippen LogP contribution in [-0.4, -0.2) is 27.1 Å². The van der Waals surface area contributed by atoms with Crippen LogP contribution in [0, 0.1) is 5.41 Å². The molecule has 162 valence electrons. The minimum atomic E-state index is -0.199. The van der Waals surface area contributed by atoms with Crippen LogP contribution in [0.25, 0.3) is 0 Å². The van der Waals surface area contributed by atoms with Crippen molar-refractivity contribution in [3.05, 3.63) is 52.6 Å². The lowest BCUT2D eigenvalue weighted by Gasteiger charge is -2.34. The van der Waals surface area contributed by atoms with Gasteiger partial charge in [0.15, 0.2) is 6.29 Å². The Hall–Kier alpha value is -1.58. The van der Waals surface area contributed by atoms with Gasteiger partial charge in [-0.3, -0.25) is 0 Å². The fraction of sp³-hybridized carbons (Fsp3) is 0.615. The highest BCUT2D eigenvalue weighted by molar-refractivity contribution is 5.28. The predicted octanol–water partition coefficient (Wildman–Crippen LogP) is 6.87. The van der Waals surface area contributed by atoms with Gasteiger partial charge in [0.25, 0.3) is 0 Å². The van der Waals surface area contributed by atoms with Gasteiger partial charge in [-0.2, -0.15) is 0 Å². The van der Waals surface area contributed by atoms with Crippen LogP contribution in [-0.2, 0) is 15.9 Å². The van der Waals surface area contributed by atoms with Crippen molar-refractivity contribution < 1.29 is 14.2 Å². The van der Waals surface area contributed by atoms with Crippen molar-refractivity contribution in [3.63, 3.8) is 0 Å². The fourth-order valence-electron chi connectivity index (χ4n) is 4.22. The SMILES string of the molecule is COC(Cc1ccc(OCCC/C(C)=C/CC2=C(C)CCCC2(C)C)cc1)OC. The maximum absolute atomic E-state index is 5.91. The molecule has 0 heterocycles. The van der Waals surface area contributed by atoms with Crippen LogP contribution in [0.4, 0.5) is 0 Å². The second-order valence-electron chi connectivity index (χ2n) is 8.95. The smallest absolute Gasteiger partial charge is 0.160 e. The van der Waals surface area contributed by atoms with Crippen molar-refractivity contribution in [2.75, 3.05) is 20.8 Å². The zero-order valence-electron chi connectivity index (χ0n) is 19.3. The van der Waals surface area contributed by atoms with Gasteiger partial charge in [0.2, 0.25) is 0 Å². The molecule has 2 rings (SSSR count). The first kappa shape index (κ1) is 23.7. The first-order valence-corrected chi connectivity index (χ1v) is 11.0. The number of benzene rings is 1. The third-order valence-electron chi connectivity index (χ3n) is 6.18. The normalized spacial score (nSPS) is 17.1. The molecule has 0 aliphatic heterocycles. The first-order chi connectivity index (χ1) is 13.9. The number of hydrogen-bond donors (Lipinski definition) is 0. The highest BCUT2D eigenvalue weighted by atomic mass is 16.7. The molecule has 1 aliphatic rings. The lowest BCUT2D eigenvalue weighted by atomic mass is 9.71. The molecule has 29 heavy (non-hydrogen) atoms. The Bertz CT molecular complexity index is 678. The fourth-order valence-corrected chi connectivity index (χ4v) is 4.22. The Morgan fingerprint density at radius 1 is 1.14 bits per heavy atom. The molecule has 0 saturated heterocycles. The Morgan fingerprint density at radius 3 is 2.45 bits per heavy atom. The van der Waals surface area contributed by atoms with Crippen molar-refractivity contribution >= 4 is 0 Å². The van der Waals surface area contributed by atoms with E-state index in [1.807, 2.05) is 12.1 Å². The Morgan fingerprint density at radius 2 is 1.83 bits per heavy atom. The molecule has 0 atom stereocenters. The van der Waals surface area contributed by atoms with Crippen LogP contribution in [0.2, 0.25) is 0 Å². The van der Waals surface area contributed by atoms with E-state index in [4.69, 9.17) is 14.2 Å². The lowest BCUT2D eigenvalue weighted by Crippen LogP contribution is -2.20. The average Bonchev–Trinajstić information content (AvgIpc) is 2.69. The third-order valence-corrected chi connectivity index (χ3v) is 6.18. The molecule has 0 bridgehead atoms. The molecule has 0 radical (unpaired) electrons. The van der Waals surface area contributed by atoms with Crippen LogP contribution >= 0.6 is 0 Å². The largest absolute Gasteiger partial charge is 0.494 e. The van der Waals surface area contributed by atoms with E-state index in [0.29, 0.717) is 5.41 Å². The van der Waals surface area contributed by atoms with Crippen LogP contribution in [0.15, 0.2) is 47.1 Å².